The van der Waals surface area contributed by atoms with Gasteiger partial charge in [0.15, 0.2) is 5.78 Å². The zero-order valence-corrected chi connectivity index (χ0v) is 17.5. The fourth-order valence-corrected chi connectivity index (χ4v) is 3.53. The molecular weight excluding hydrogens is 400 g/mol. The Morgan fingerprint density at radius 2 is 1.50 bits per heavy atom. The molecule has 2 saturated carbocycles. The second-order valence-corrected chi connectivity index (χ2v) is 8.56. The highest BCUT2D eigenvalue weighted by molar-refractivity contribution is 6.30. The number of halogens is 1. The lowest BCUT2D eigenvalue weighted by molar-refractivity contribution is -0.132. The van der Waals surface area contributed by atoms with Gasteiger partial charge in [0.2, 0.25) is 5.91 Å². The number of rotatable bonds is 9. The van der Waals surface area contributed by atoms with Crippen LogP contribution in [0.4, 0.5) is 0 Å². The van der Waals surface area contributed by atoms with Gasteiger partial charge in [-0.1, -0.05) is 23.7 Å². The van der Waals surface area contributed by atoms with Crippen molar-refractivity contribution in [1.29, 1.82) is 0 Å². The fourth-order valence-electron chi connectivity index (χ4n) is 3.41. The maximum absolute atomic E-state index is 12.8. The molecule has 0 saturated heterocycles. The van der Waals surface area contributed by atoms with Gasteiger partial charge in [0.1, 0.15) is 0 Å². The summed E-state index contributed by atoms with van der Waals surface area (Å²) >= 11 is 5.86. The Labute approximate surface area is 181 Å². The number of nitrogens with one attached hydrogen (secondary N) is 1. The van der Waals surface area contributed by atoms with Gasteiger partial charge in [0.25, 0.3) is 5.91 Å². The molecule has 0 atom stereocenters. The maximum Gasteiger partial charge on any atom is 0.251 e. The van der Waals surface area contributed by atoms with Gasteiger partial charge in [-0.3, -0.25) is 14.4 Å². The van der Waals surface area contributed by atoms with Crippen LogP contribution in [-0.4, -0.2) is 34.6 Å². The highest BCUT2D eigenvalue weighted by Crippen LogP contribution is 2.29. The summed E-state index contributed by atoms with van der Waals surface area (Å²) in [5.41, 5.74) is 2.20. The van der Waals surface area contributed by atoms with Crippen LogP contribution in [0.2, 0.25) is 5.02 Å². The molecular formula is C24H25ClN2O3. The Morgan fingerprint density at radius 3 is 2.10 bits per heavy atom. The number of hydrogen-bond donors (Lipinski definition) is 1. The number of hydrogen-bond acceptors (Lipinski definition) is 3. The van der Waals surface area contributed by atoms with Crippen LogP contribution in [0.5, 0.6) is 0 Å². The van der Waals surface area contributed by atoms with Gasteiger partial charge in [-0.2, -0.15) is 0 Å². The Balaban J connectivity index is 1.33. The van der Waals surface area contributed by atoms with Gasteiger partial charge in [-0.15, -0.1) is 0 Å². The van der Waals surface area contributed by atoms with Gasteiger partial charge >= 0.3 is 0 Å². The van der Waals surface area contributed by atoms with Crippen molar-refractivity contribution in [3.8, 4) is 0 Å². The van der Waals surface area contributed by atoms with Crippen molar-refractivity contribution in [2.24, 2.45) is 0 Å². The van der Waals surface area contributed by atoms with Gasteiger partial charge in [-0.05, 0) is 67.6 Å². The minimum absolute atomic E-state index is 0.00429. The molecule has 0 bridgehead atoms. The van der Waals surface area contributed by atoms with Crippen LogP contribution < -0.4 is 5.32 Å². The molecule has 0 unspecified atom stereocenters. The summed E-state index contributed by atoms with van der Waals surface area (Å²) in [5.74, 6) is -0.1000. The van der Waals surface area contributed by atoms with Crippen LogP contribution in [0.3, 0.4) is 0 Å². The first-order valence-corrected chi connectivity index (χ1v) is 10.9. The van der Waals surface area contributed by atoms with Crippen molar-refractivity contribution in [2.75, 3.05) is 0 Å². The lowest BCUT2D eigenvalue weighted by Gasteiger charge is -2.22. The first-order chi connectivity index (χ1) is 14.5. The van der Waals surface area contributed by atoms with E-state index in [2.05, 4.69) is 5.32 Å². The van der Waals surface area contributed by atoms with E-state index in [1.54, 1.807) is 24.3 Å². The van der Waals surface area contributed by atoms with Crippen LogP contribution in [0.15, 0.2) is 48.5 Å². The van der Waals surface area contributed by atoms with E-state index < -0.39 is 0 Å². The van der Waals surface area contributed by atoms with Crippen LogP contribution in [-0.2, 0) is 11.3 Å². The van der Waals surface area contributed by atoms with Crippen molar-refractivity contribution in [1.82, 2.24) is 10.2 Å². The summed E-state index contributed by atoms with van der Waals surface area (Å²) in [6, 6.07) is 14.8. The summed E-state index contributed by atoms with van der Waals surface area (Å²) in [6.07, 6.45) is 4.49. The Bertz CT molecular complexity index is 932. The van der Waals surface area contributed by atoms with Crippen molar-refractivity contribution < 1.29 is 14.4 Å². The molecule has 2 amide bonds. The van der Waals surface area contributed by atoms with E-state index >= 15 is 0 Å². The predicted molar refractivity (Wildman–Crippen MR) is 116 cm³/mol. The average Bonchev–Trinajstić information content (AvgIpc) is 3.66. The Kier molecular flexibility index (Phi) is 6.18. The molecule has 0 aromatic heterocycles. The topological polar surface area (TPSA) is 66.5 Å². The molecule has 4 rings (SSSR count). The fraction of sp³-hybridized carbons (Fsp3) is 0.375. The zero-order chi connectivity index (χ0) is 21.1. The number of carbonyl (C=O) groups excluding carboxylic acids is 3. The molecule has 2 aromatic rings. The monoisotopic (exact) mass is 424 g/mol. The molecule has 2 aliphatic carbocycles. The maximum atomic E-state index is 12.8. The molecule has 2 aliphatic rings. The quantitative estimate of drug-likeness (QED) is 0.607. The largest absolute Gasteiger partial charge is 0.349 e. The number of Topliss-reactive ketones (excluding diaryl/α,β-unsaturated/α-hetero) is 1. The Morgan fingerprint density at radius 1 is 0.867 bits per heavy atom. The standard InChI is InChI=1S/C24H25ClN2O3/c25-19-7-5-17(6-8-19)22(28)13-14-23(29)27(21-11-12-21)15-16-1-3-18(4-2-16)24(30)26-20-9-10-20/h1-8,20-21H,9-15H2,(H,26,30). The predicted octanol–water partition coefficient (Wildman–Crippen LogP) is 4.39. The summed E-state index contributed by atoms with van der Waals surface area (Å²) < 4.78 is 0. The van der Waals surface area contributed by atoms with Crippen LogP contribution >= 0.6 is 11.6 Å². The molecule has 0 heterocycles. The second-order valence-electron chi connectivity index (χ2n) is 8.13. The Hall–Kier alpha value is -2.66. The SMILES string of the molecule is O=C(CCC(=O)N(Cc1ccc(C(=O)NC2CC2)cc1)C1CC1)c1ccc(Cl)cc1. The molecule has 5 nitrogen and oxygen atoms in total. The number of benzene rings is 2. The van der Waals surface area contributed by atoms with Crippen molar-refractivity contribution in [2.45, 2.75) is 57.2 Å². The normalized spacial score (nSPS) is 15.5. The number of amides is 2. The second kappa shape index (κ2) is 9.00. The van der Waals surface area contributed by atoms with Crippen LogP contribution in [0.25, 0.3) is 0 Å². The van der Waals surface area contributed by atoms with E-state index in [4.69, 9.17) is 11.6 Å². The van der Waals surface area contributed by atoms with Crippen LogP contribution in [0, 0.1) is 0 Å². The molecule has 1 N–H and O–H groups in total. The molecule has 0 aliphatic heterocycles. The number of nitrogens with zero attached hydrogens (tertiary/aromatic N) is 1. The van der Waals surface area contributed by atoms with Gasteiger partial charge in [-0.25, -0.2) is 0 Å². The van der Waals surface area contributed by atoms with Crippen molar-refractivity contribution in [3.63, 3.8) is 0 Å². The molecule has 0 spiro atoms. The highest BCUT2D eigenvalue weighted by Gasteiger charge is 2.32. The summed E-state index contributed by atoms with van der Waals surface area (Å²) in [6.45, 7) is 0.503. The molecule has 2 aromatic carbocycles. The first-order valence-electron chi connectivity index (χ1n) is 10.5. The summed E-state index contributed by atoms with van der Waals surface area (Å²) in [5, 5.41) is 3.56. The van der Waals surface area contributed by atoms with E-state index in [-0.39, 0.29) is 36.5 Å². The van der Waals surface area contributed by atoms with E-state index in [1.807, 2.05) is 29.2 Å². The van der Waals surface area contributed by atoms with E-state index in [0.717, 1.165) is 31.2 Å². The molecule has 156 valence electrons. The first kappa shape index (κ1) is 20.6. The average molecular weight is 425 g/mol. The summed E-state index contributed by atoms with van der Waals surface area (Å²) in [4.78, 5) is 39.2. The zero-order valence-electron chi connectivity index (χ0n) is 16.8. The minimum atomic E-state index is -0.0539. The van der Waals surface area contributed by atoms with Gasteiger partial charge < -0.3 is 10.2 Å². The molecule has 0 radical (unpaired) electrons. The third kappa shape index (κ3) is 5.48. The van der Waals surface area contributed by atoms with E-state index in [9.17, 15) is 14.4 Å². The molecule has 2 fully saturated rings. The smallest absolute Gasteiger partial charge is 0.251 e. The third-order valence-electron chi connectivity index (χ3n) is 5.52. The van der Waals surface area contributed by atoms with Gasteiger partial charge in [0, 0.05) is 47.6 Å². The lowest BCUT2D eigenvalue weighted by Crippen LogP contribution is -2.32. The van der Waals surface area contributed by atoms with Crippen molar-refractivity contribution in [3.05, 3.63) is 70.2 Å². The lowest BCUT2D eigenvalue weighted by atomic mass is 10.1. The molecule has 30 heavy (non-hydrogen) atoms. The van der Waals surface area contributed by atoms with Gasteiger partial charge in [0.05, 0.1) is 0 Å². The minimum Gasteiger partial charge on any atom is -0.349 e. The van der Waals surface area contributed by atoms with Crippen LogP contribution in [0.1, 0.15) is 64.8 Å². The van der Waals surface area contributed by atoms with E-state index in [0.29, 0.717) is 28.7 Å². The highest BCUT2D eigenvalue weighted by atomic mass is 35.5. The summed E-state index contributed by atoms with van der Waals surface area (Å²) in [7, 11) is 0. The number of carbonyl (C=O) groups is 3. The van der Waals surface area contributed by atoms with E-state index in [1.165, 1.54) is 0 Å². The number of ketones is 1. The molecule has 6 heteroatoms. The third-order valence-corrected chi connectivity index (χ3v) is 5.77. The van der Waals surface area contributed by atoms with Crippen molar-refractivity contribution >= 4 is 29.2 Å².